The van der Waals surface area contributed by atoms with Gasteiger partial charge in [-0.3, -0.25) is 4.90 Å². The van der Waals surface area contributed by atoms with Crippen molar-refractivity contribution >= 4 is 0 Å². The van der Waals surface area contributed by atoms with Gasteiger partial charge in [-0.2, -0.15) is 0 Å². The normalized spacial score (nSPS) is 15.1. The van der Waals surface area contributed by atoms with Crippen LogP contribution in [0.1, 0.15) is 64.5 Å². The van der Waals surface area contributed by atoms with Crippen molar-refractivity contribution in [2.75, 3.05) is 0 Å². The molecule has 148 valence electrons. The summed E-state index contributed by atoms with van der Waals surface area (Å²) in [6.45, 7) is 10.5. The minimum atomic E-state index is -0.691. The summed E-state index contributed by atoms with van der Waals surface area (Å²) in [6.07, 6.45) is 4.02. The standard InChI is InChI=1S/C25H37NO/c1-5-6-17-25(4,27)24(18-21(2)3)26(19-22-13-9-7-10-14-22)20-23-15-11-8-12-16-23/h7-16,21,24,27H,5-6,17-20H2,1-4H3/t24-,25+/m0/s1. The van der Waals surface area contributed by atoms with E-state index in [0.717, 1.165) is 38.8 Å². The van der Waals surface area contributed by atoms with E-state index in [9.17, 15) is 5.11 Å². The lowest BCUT2D eigenvalue weighted by molar-refractivity contribution is -0.0555. The molecule has 0 heterocycles. The Morgan fingerprint density at radius 1 is 0.889 bits per heavy atom. The molecule has 2 aromatic rings. The lowest BCUT2D eigenvalue weighted by Crippen LogP contribution is -2.51. The fourth-order valence-electron chi connectivity index (χ4n) is 3.86. The van der Waals surface area contributed by atoms with Crippen LogP contribution in [0.3, 0.4) is 0 Å². The molecule has 1 N–H and O–H groups in total. The van der Waals surface area contributed by atoms with Crippen molar-refractivity contribution in [1.82, 2.24) is 4.90 Å². The van der Waals surface area contributed by atoms with E-state index in [-0.39, 0.29) is 6.04 Å². The largest absolute Gasteiger partial charge is 0.389 e. The summed E-state index contributed by atoms with van der Waals surface area (Å²) >= 11 is 0. The van der Waals surface area contributed by atoms with Gasteiger partial charge in [-0.15, -0.1) is 0 Å². The van der Waals surface area contributed by atoms with Crippen LogP contribution in [0.4, 0.5) is 0 Å². The van der Waals surface area contributed by atoms with Crippen molar-refractivity contribution in [3.05, 3.63) is 71.8 Å². The number of rotatable bonds is 11. The zero-order valence-corrected chi connectivity index (χ0v) is 17.6. The first kappa shape index (κ1) is 21.7. The highest BCUT2D eigenvalue weighted by atomic mass is 16.3. The van der Waals surface area contributed by atoms with Gasteiger partial charge in [-0.05, 0) is 36.8 Å². The van der Waals surface area contributed by atoms with Gasteiger partial charge in [0.05, 0.1) is 5.60 Å². The van der Waals surface area contributed by atoms with Gasteiger partial charge in [0.1, 0.15) is 0 Å². The summed E-state index contributed by atoms with van der Waals surface area (Å²) in [5, 5.41) is 11.4. The van der Waals surface area contributed by atoms with Crippen LogP contribution in [0.2, 0.25) is 0 Å². The molecular formula is C25H37NO. The predicted molar refractivity (Wildman–Crippen MR) is 116 cm³/mol. The smallest absolute Gasteiger partial charge is 0.0774 e. The molecule has 0 aliphatic heterocycles. The fraction of sp³-hybridized carbons (Fsp3) is 0.520. The van der Waals surface area contributed by atoms with Crippen LogP contribution in [0, 0.1) is 5.92 Å². The number of hydrogen-bond acceptors (Lipinski definition) is 2. The van der Waals surface area contributed by atoms with Crippen LogP contribution >= 0.6 is 0 Å². The van der Waals surface area contributed by atoms with Crippen molar-refractivity contribution < 1.29 is 5.11 Å². The lowest BCUT2D eigenvalue weighted by atomic mass is 9.84. The summed E-state index contributed by atoms with van der Waals surface area (Å²) in [4.78, 5) is 2.49. The molecule has 0 amide bonds. The molecule has 0 aliphatic rings. The van der Waals surface area contributed by atoms with Gasteiger partial charge in [-0.1, -0.05) is 94.3 Å². The molecule has 2 rings (SSSR count). The molecular weight excluding hydrogens is 330 g/mol. The third-order valence-electron chi connectivity index (χ3n) is 5.35. The predicted octanol–water partition coefficient (Wildman–Crippen LogP) is 6.04. The van der Waals surface area contributed by atoms with Crippen molar-refractivity contribution in [2.45, 2.75) is 78.1 Å². The number of nitrogens with zero attached hydrogens (tertiary/aromatic N) is 1. The first-order chi connectivity index (χ1) is 12.9. The van der Waals surface area contributed by atoms with Crippen LogP contribution in [0.25, 0.3) is 0 Å². The van der Waals surface area contributed by atoms with Crippen LogP contribution in [0.15, 0.2) is 60.7 Å². The minimum absolute atomic E-state index is 0.129. The number of hydrogen-bond donors (Lipinski definition) is 1. The first-order valence-corrected chi connectivity index (χ1v) is 10.5. The molecule has 2 nitrogen and oxygen atoms in total. The Labute approximate surface area is 166 Å². The van der Waals surface area contributed by atoms with Gasteiger partial charge in [0.2, 0.25) is 0 Å². The molecule has 0 unspecified atom stereocenters. The Hall–Kier alpha value is -1.64. The zero-order valence-electron chi connectivity index (χ0n) is 17.6. The second-order valence-corrected chi connectivity index (χ2v) is 8.48. The highest BCUT2D eigenvalue weighted by Gasteiger charge is 2.36. The maximum absolute atomic E-state index is 11.4. The Morgan fingerprint density at radius 3 is 1.78 bits per heavy atom. The SMILES string of the molecule is CCCC[C@@](C)(O)[C@H](CC(C)C)N(Cc1ccccc1)Cc1ccccc1. The average molecular weight is 368 g/mol. The molecule has 2 aromatic carbocycles. The fourth-order valence-corrected chi connectivity index (χ4v) is 3.86. The zero-order chi connectivity index (χ0) is 19.7. The quantitative estimate of drug-likeness (QED) is 0.523. The Bertz CT molecular complexity index is 594. The van der Waals surface area contributed by atoms with E-state index in [1.807, 2.05) is 6.92 Å². The first-order valence-electron chi connectivity index (χ1n) is 10.5. The maximum Gasteiger partial charge on any atom is 0.0774 e. The Kier molecular flexibility index (Phi) is 8.53. The van der Waals surface area contributed by atoms with Crippen LogP contribution in [0.5, 0.6) is 0 Å². The highest BCUT2D eigenvalue weighted by Crippen LogP contribution is 2.30. The molecule has 27 heavy (non-hydrogen) atoms. The summed E-state index contributed by atoms with van der Waals surface area (Å²) in [5.41, 5.74) is 1.91. The van der Waals surface area contributed by atoms with Crippen molar-refractivity contribution in [3.63, 3.8) is 0 Å². The average Bonchev–Trinajstić information content (AvgIpc) is 2.65. The molecule has 0 aliphatic carbocycles. The topological polar surface area (TPSA) is 23.5 Å². The second-order valence-electron chi connectivity index (χ2n) is 8.48. The molecule has 2 atom stereocenters. The van der Waals surface area contributed by atoms with Gasteiger partial charge >= 0.3 is 0 Å². The van der Waals surface area contributed by atoms with E-state index in [2.05, 4.69) is 86.3 Å². The number of benzene rings is 2. The van der Waals surface area contributed by atoms with Crippen molar-refractivity contribution in [3.8, 4) is 0 Å². The molecule has 0 fully saturated rings. The number of aliphatic hydroxyl groups is 1. The van der Waals surface area contributed by atoms with Gasteiger partial charge in [0, 0.05) is 19.1 Å². The van der Waals surface area contributed by atoms with Crippen molar-refractivity contribution in [2.24, 2.45) is 5.92 Å². The van der Waals surface area contributed by atoms with Crippen LogP contribution in [-0.4, -0.2) is 21.6 Å². The molecule has 0 spiro atoms. The second kappa shape index (κ2) is 10.6. The minimum Gasteiger partial charge on any atom is -0.389 e. The monoisotopic (exact) mass is 367 g/mol. The van der Waals surface area contributed by atoms with E-state index in [4.69, 9.17) is 0 Å². The molecule has 0 bridgehead atoms. The summed E-state index contributed by atoms with van der Waals surface area (Å²) < 4.78 is 0. The van der Waals surface area contributed by atoms with Gasteiger partial charge in [-0.25, -0.2) is 0 Å². The Balaban J connectivity index is 2.32. The molecule has 0 aromatic heterocycles. The summed E-state index contributed by atoms with van der Waals surface area (Å²) in [7, 11) is 0. The highest BCUT2D eigenvalue weighted by molar-refractivity contribution is 5.18. The summed E-state index contributed by atoms with van der Waals surface area (Å²) in [5.74, 6) is 0.539. The van der Waals surface area contributed by atoms with E-state index in [0.29, 0.717) is 5.92 Å². The third-order valence-corrected chi connectivity index (χ3v) is 5.35. The summed E-state index contributed by atoms with van der Waals surface area (Å²) in [6, 6.07) is 21.4. The maximum atomic E-state index is 11.4. The molecule has 0 saturated heterocycles. The molecule has 0 radical (unpaired) electrons. The van der Waals surface area contributed by atoms with Crippen LogP contribution < -0.4 is 0 Å². The number of unbranched alkanes of at least 4 members (excludes halogenated alkanes) is 1. The van der Waals surface area contributed by atoms with E-state index in [1.165, 1.54) is 11.1 Å². The Morgan fingerprint density at radius 2 is 1.37 bits per heavy atom. The third kappa shape index (κ3) is 7.12. The van der Waals surface area contributed by atoms with Gasteiger partial charge < -0.3 is 5.11 Å². The van der Waals surface area contributed by atoms with E-state index < -0.39 is 5.60 Å². The van der Waals surface area contributed by atoms with Crippen LogP contribution in [-0.2, 0) is 13.1 Å². The van der Waals surface area contributed by atoms with Gasteiger partial charge in [0.25, 0.3) is 0 Å². The van der Waals surface area contributed by atoms with Gasteiger partial charge in [0.15, 0.2) is 0 Å². The molecule has 2 heteroatoms. The van der Waals surface area contributed by atoms with Crippen molar-refractivity contribution in [1.29, 1.82) is 0 Å². The van der Waals surface area contributed by atoms with E-state index >= 15 is 0 Å². The van der Waals surface area contributed by atoms with E-state index in [1.54, 1.807) is 0 Å². The molecule has 0 saturated carbocycles. The lowest BCUT2D eigenvalue weighted by Gasteiger charge is -2.42.